The van der Waals surface area contributed by atoms with Crippen molar-refractivity contribution in [3.63, 3.8) is 0 Å². The minimum atomic E-state index is -0.385. The number of carbonyl (C=O) groups excluding carboxylic acids is 1. The Balaban J connectivity index is 1.63. The molecule has 22 heavy (non-hydrogen) atoms. The molecule has 0 saturated heterocycles. The molecule has 0 aromatic carbocycles. The van der Waals surface area contributed by atoms with E-state index in [-0.39, 0.29) is 28.8 Å². The number of hydrogen-bond donors (Lipinski definition) is 2. The second-order valence-electron chi connectivity index (χ2n) is 9.56. The molecule has 1 atom stereocenters. The van der Waals surface area contributed by atoms with Crippen molar-refractivity contribution in [1.82, 2.24) is 5.32 Å². The molecule has 4 saturated carbocycles. The molecule has 4 bridgehead atoms. The number of rotatable bonds is 5. The van der Waals surface area contributed by atoms with Crippen LogP contribution in [0.4, 0.5) is 0 Å². The number of aliphatic hydroxyl groups excluding tert-OH is 1. The molecule has 0 aromatic rings. The Morgan fingerprint density at radius 1 is 1.14 bits per heavy atom. The first kappa shape index (κ1) is 16.3. The summed E-state index contributed by atoms with van der Waals surface area (Å²) < 4.78 is 0. The van der Waals surface area contributed by atoms with Crippen LogP contribution in [0.15, 0.2) is 0 Å². The predicted molar refractivity (Wildman–Crippen MR) is 88.2 cm³/mol. The Labute approximate surface area is 135 Å². The molecule has 4 aliphatic rings. The molecule has 0 spiro atoms. The van der Waals surface area contributed by atoms with E-state index in [1.54, 1.807) is 0 Å². The van der Waals surface area contributed by atoms with E-state index < -0.39 is 0 Å². The Morgan fingerprint density at radius 3 is 2.00 bits per heavy atom. The van der Waals surface area contributed by atoms with Crippen LogP contribution in [0.25, 0.3) is 0 Å². The monoisotopic (exact) mass is 307 g/mol. The highest BCUT2D eigenvalue weighted by Gasteiger charge is 2.54. The third kappa shape index (κ3) is 2.81. The second kappa shape index (κ2) is 5.51. The van der Waals surface area contributed by atoms with Crippen LogP contribution in [-0.4, -0.2) is 23.7 Å². The van der Waals surface area contributed by atoms with E-state index in [0.717, 1.165) is 37.0 Å². The van der Waals surface area contributed by atoms with Gasteiger partial charge in [0.1, 0.15) is 0 Å². The Kier molecular flexibility index (Phi) is 4.08. The summed E-state index contributed by atoms with van der Waals surface area (Å²) in [6.45, 7) is 8.75. The number of hydrogen-bond acceptors (Lipinski definition) is 2. The van der Waals surface area contributed by atoms with Gasteiger partial charge in [0.25, 0.3) is 0 Å². The van der Waals surface area contributed by atoms with Crippen LogP contribution >= 0.6 is 0 Å². The molecule has 4 rings (SSSR count). The maximum absolute atomic E-state index is 12.9. The zero-order valence-electron chi connectivity index (χ0n) is 14.7. The van der Waals surface area contributed by atoms with E-state index in [2.05, 4.69) is 19.2 Å². The molecule has 0 radical (unpaired) electrons. The molecule has 2 N–H and O–H groups in total. The van der Waals surface area contributed by atoms with Gasteiger partial charge in [-0.05, 0) is 62.2 Å². The van der Waals surface area contributed by atoms with Gasteiger partial charge in [0, 0.05) is 17.4 Å². The zero-order chi connectivity index (χ0) is 16.1. The molecule has 3 heteroatoms. The van der Waals surface area contributed by atoms with Crippen molar-refractivity contribution < 1.29 is 9.90 Å². The lowest BCUT2D eigenvalue weighted by atomic mass is 9.49. The highest BCUT2D eigenvalue weighted by Crippen LogP contribution is 2.60. The first-order chi connectivity index (χ1) is 10.2. The Hall–Kier alpha value is -0.570. The average Bonchev–Trinajstić information content (AvgIpc) is 2.42. The first-order valence-electron chi connectivity index (χ1n) is 9.18. The largest absolute Gasteiger partial charge is 0.392 e. The van der Waals surface area contributed by atoms with Crippen LogP contribution in [0.3, 0.4) is 0 Å². The number of amides is 1. The summed E-state index contributed by atoms with van der Waals surface area (Å²) in [4.78, 5) is 12.9. The average molecular weight is 307 g/mol. The van der Waals surface area contributed by atoms with Gasteiger partial charge in [-0.25, -0.2) is 0 Å². The minimum absolute atomic E-state index is 0.0758. The van der Waals surface area contributed by atoms with Gasteiger partial charge in [-0.2, -0.15) is 0 Å². The third-order valence-electron chi connectivity index (χ3n) is 6.66. The summed E-state index contributed by atoms with van der Waals surface area (Å²) >= 11 is 0. The highest BCUT2D eigenvalue weighted by molar-refractivity contribution is 5.83. The molecule has 0 heterocycles. The van der Waals surface area contributed by atoms with E-state index in [0.29, 0.717) is 6.54 Å². The third-order valence-corrected chi connectivity index (χ3v) is 6.66. The molecule has 126 valence electrons. The van der Waals surface area contributed by atoms with E-state index in [1.165, 1.54) is 19.3 Å². The quantitative estimate of drug-likeness (QED) is 0.818. The number of carbonyl (C=O) groups is 1. The van der Waals surface area contributed by atoms with Crippen LogP contribution in [-0.2, 0) is 4.79 Å². The van der Waals surface area contributed by atoms with E-state index in [9.17, 15) is 9.90 Å². The summed E-state index contributed by atoms with van der Waals surface area (Å²) in [7, 11) is 0. The maximum atomic E-state index is 12.9. The van der Waals surface area contributed by atoms with E-state index in [1.807, 2.05) is 13.8 Å². The van der Waals surface area contributed by atoms with Crippen LogP contribution in [0.5, 0.6) is 0 Å². The van der Waals surface area contributed by atoms with Gasteiger partial charge in [-0.15, -0.1) is 0 Å². The molecule has 1 amide bonds. The van der Waals surface area contributed by atoms with Gasteiger partial charge in [0.15, 0.2) is 0 Å². The SMILES string of the molecule is CC(C)[C@@H](O)C(C)(C)CNC(=O)C12CC3CC(CC(C3)C1)C2. The van der Waals surface area contributed by atoms with Gasteiger partial charge in [0.2, 0.25) is 5.91 Å². The summed E-state index contributed by atoms with van der Waals surface area (Å²) in [6.07, 6.45) is 7.04. The van der Waals surface area contributed by atoms with Gasteiger partial charge < -0.3 is 10.4 Å². The lowest BCUT2D eigenvalue weighted by molar-refractivity contribution is -0.147. The summed E-state index contributed by atoms with van der Waals surface area (Å²) in [5, 5.41) is 13.6. The molecule has 0 unspecified atom stereocenters. The van der Waals surface area contributed by atoms with Crippen molar-refractivity contribution in [3.05, 3.63) is 0 Å². The summed E-state index contributed by atoms with van der Waals surface area (Å²) in [6, 6.07) is 0. The molecule has 0 aliphatic heterocycles. The highest BCUT2D eigenvalue weighted by atomic mass is 16.3. The Morgan fingerprint density at radius 2 is 1.59 bits per heavy atom. The number of aliphatic hydroxyl groups is 1. The van der Waals surface area contributed by atoms with Crippen molar-refractivity contribution in [3.8, 4) is 0 Å². The molecule has 0 aromatic heterocycles. The normalized spacial score (nSPS) is 38.4. The molecule has 4 fully saturated rings. The van der Waals surface area contributed by atoms with Crippen LogP contribution in [0, 0.1) is 34.5 Å². The van der Waals surface area contributed by atoms with Gasteiger partial charge in [-0.1, -0.05) is 27.7 Å². The molecular weight excluding hydrogens is 274 g/mol. The summed E-state index contributed by atoms with van der Waals surface area (Å²) in [5.41, 5.74) is -0.347. The zero-order valence-corrected chi connectivity index (χ0v) is 14.7. The lowest BCUT2D eigenvalue weighted by Crippen LogP contribution is -2.55. The fourth-order valence-electron chi connectivity index (χ4n) is 5.89. The maximum Gasteiger partial charge on any atom is 0.226 e. The minimum Gasteiger partial charge on any atom is -0.392 e. The van der Waals surface area contributed by atoms with Crippen molar-refractivity contribution in [1.29, 1.82) is 0 Å². The smallest absolute Gasteiger partial charge is 0.226 e. The first-order valence-corrected chi connectivity index (χ1v) is 9.18. The fourth-order valence-corrected chi connectivity index (χ4v) is 5.89. The van der Waals surface area contributed by atoms with Crippen molar-refractivity contribution in [2.45, 2.75) is 72.3 Å². The van der Waals surface area contributed by atoms with Crippen molar-refractivity contribution in [2.24, 2.45) is 34.5 Å². The molecular formula is C19H33NO2. The van der Waals surface area contributed by atoms with Crippen LogP contribution in [0.2, 0.25) is 0 Å². The van der Waals surface area contributed by atoms with E-state index >= 15 is 0 Å². The molecule has 3 nitrogen and oxygen atoms in total. The van der Waals surface area contributed by atoms with Crippen LogP contribution in [0.1, 0.15) is 66.2 Å². The Bertz CT molecular complexity index is 405. The molecule has 4 aliphatic carbocycles. The van der Waals surface area contributed by atoms with Crippen molar-refractivity contribution >= 4 is 5.91 Å². The van der Waals surface area contributed by atoms with Gasteiger partial charge in [-0.3, -0.25) is 4.79 Å². The second-order valence-corrected chi connectivity index (χ2v) is 9.56. The predicted octanol–water partition coefficient (Wildman–Crippen LogP) is 3.36. The summed E-state index contributed by atoms with van der Waals surface area (Å²) in [5.74, 6) is 2.88. The fraction of sp³-hybridized carbons (Fsp3) is 0.947. The topological polar surface area (TPSA) is 49.3 Å². The van der Waals surface area contributed by atoms with Crippen molar-refractivity contribution in [2.75, 3.05) is 6.54 Å². The van der Waals surface area contributed by atoms with E-state index in [4.69, 9.17) is 0 Å². The lowest BCUT2D eigenvalue weighted by Gasteiger charge is -2.55. The van der Waals surface area contributed by atoms with Crippen LogP contribution < -0.4 is 5.32 Å². The standard InChI is InChI=1S/C19H33NO2/c1-12(2)16(21)18(3,4)11-20-17(22)19-8-13-5-14(9-19)7-15(6-13)10-19/h12-16,21H,5-11H2,1-4H3,(H,20,22)/t13?,14?,15?,16-,19?/m1/s1. The number of nitrogens with one attached hydrogen (secondary N) is 1. The van der Waals surface area contributed by atoms with Gasteiger partial charge in [0.05, 0.1) is 6.10 Å². The van der Waals surface area contributed by atoms with Gasteiger partial charge >= 0.3 is 0 Å².